The summed E-state index contributed by atoms with van der Waals surface area (Å²) in [6, 6.07) is 11.2. The van der Waals surface area contributed by atoms with Gasteiger partial charge in [-0.1, -0.05) is 36.4 Å². The van der Waals surface area contributed by atoms with E-state index in [0.717, 1.165) is 10.1 Å². The number of carbonyl (C=O) groups excluding carboxylic acids is 2. The van der Waals surface area contributed by atoms with Gasteiger partial charge in [0.05, 0.1) is 37.0 Å². The number of phenolic OH excluding ortho intramolecular Hbond substituents is 1. The smallest absolute Gasteiger partial charge is 0.352 e. The summed E-state index contributed by atoms with van der Waals surface area (Å²) < 4.78 is 14.6. The van der Waals surface area contributed by atoms with Crippen molar-refractivity contribution >= 4 is 33.6 Å². The van der Waals surface area contributed by atoms with Gasteiger partial charge in [-0.05, 0) is 51.3 Å². The summed E-state index contributed by atoms with van der Waals surface area (Å²) in [5, 5.41) is 10.3. The molecular formula is C30H24BrN3O7. The molecule has 0 saturated carbocycles. The standard InChI is InChI=1S/C30H24BrN3O7/c1-40-24-12-16(13-25(41-2)28(24)37)8-9-19-18-10-11-32-29(38)33(17-6-4-3-5-7-17)30(39)34(32)22(18)14-20-26(19)23(35)15-21(31)27(20)36/h3-10,12-13,15,19,22,37H,11,14H2,1-2H3. The summed E-state index contributed by atoms with van der Waals surface area (Å²) in [7, 11) is 2.85. The van der Waals surface area contributed by atoms with E-state index in [9.17, 15) is 24.3 Å². The molecule has 2 unspecified atom stereocenters. The first-order chi connectivity index (χ1) is 19.7. The van der Waals surface area contributed by atoms with E-state index in [-0.39, 0.29) is 46.3 Å². The number of ketones is 2. The first-order valence-corrected chi connectivity index (χ1v) is 13.6. The minimum atomic E-state index is -0.665. The van der Waals surface area contributed by atoms with E-state index in [1.807, 2.05) is 6.08 Å². The number of nitrogens with zero attached hydrogens (tertiary/aromatic N) is 3. The maximum Gasteiger partial charge on any atom is 0.352 e. The first-order valence-electron chi connectivity index (χ1n) is 12.8. The van der Waals surface area contributed by atoms with Crippen molar-refractivity contribution in [1.29, 1.82) is 0 Å². The van der Waals surface area contributed by atoms with Gasteiger partial charge in [0.1, 0.15) is 0 Å². The van der Waals surface area contributed by atoms with Gasteiger partial charge in [0, 0.05) is 29.6 Å². The van der Waals surface area contributed by atoms with Crippen molar-refractivity contribution in [2.24, 2.45) is 5.92 Å². The first kappa shape index (κ1) is 26.6. The van der Waals surface area contributed by atoms with Gasteiger partial charge in [-0.15, -0.1) is 0 Å². The highest BCUT2D eigenvalue weighted by molar-refractivity contribution is 9.12. The maximum atomic E-state index is 13.7. The fraction of sp³-hybridized carbons (Fsp3) is 0.200. The van der Waals surface area contributed by atoms with Crippen LogP contribution < -0.4 is 20.9 Å². The van der Waals surface area contributed by atoms with Crippen LogP contribution in [0.2, 0.25) is 0 Å². The molecule has 3 aromatic rings. The van der Waals surface area contributed by atoms with Crippen LogP contribution in [0.5, 0.6) is 17.2 Å². The maximum absolute atomic E-state index is 13.7. The lowest BCUT2D eigenvalue weighted by atomic mass is 9.71. The monoisotopic (exact) mass is 617 g/mol. The molecular weight excluding hydrogens is 594 g/mol. The number of carbonyl (C=O) groups is 2. The van der Waals surface area contributed by atoms with Crippen molar-refractivity contribution in [2.45, 2.75) is 19.0 Å². The topological polar surface area (TPSA) is 122 Å². The summed E-state index contributed by atoms with van der Waals surface area (Å²) >= 11 is 3.22. The molecule has 10 nitrogen and oxygen atoms in total. The zero-order valence-electron chi connectivity index (χ0n) is 22.0. The Morgan fingerprint density at radius 2 is 1.68 bits per heavy atom. The van der Waals surface area contributed by atoms with E-state index in [0.29, 0.717) is 22.4 Å². The minimum Gasteiger partial charge on any atom is -0.502 e. The van der Waals surface area contributed by atoms with E-state index < -0.39 is 23.3 Å². The average molecular weight is 618 g/mol. The summed E-state index contributed by atoms with van der Waals surface area (Å²) in [5.74, 6) is -1.03. The number of para-hydroxylation sites is 1. The predicted molar refractivity (Wildman–Crippen MR) is 154 cm³/mol. The largest absolute Gasteiger partial charge is 0.502 e. The number of Topliss-reactive ketones (excluding diaryl/α,β-unsaturated/α-hetero) is 1. The summed E-state index contributed by atoms with van der Waals surface area (Å²) in [5.41, 5.74) is 1.41. The van der Waals surface area contributed by atoms with E-state index in [1.165, 1.54) is 29.7 Å². The van der Waals surface area contributed by atoms with Crippen LogP contribution in [0, 0.1) is 5.92 Å². The normalized spacial score (nSPS) is 19.9. The van der Waals surface area contributed by atoms with Crippen LogP contribution in [0.1, 0.15) is 18.0 Å². The molecule has 0 amide bonds. The zero-order valence-corrected chi connectivity index (χ0v) is 23.6. The molecule has 0 fully saturated rings. The highest BCUT2D eigenvalue weighted by Gasteiger charge is 2.43. The van der Waals surface area contributed by atoms with Crippen molar-refractivity contribution in [3.8, 4) is 22.9 Å². The quantitative estimate of drug-likeness (QED) is 0.344. The highest BCUT2D eigenvalue weighted by atomic mass is 79.9. The lowest BCUT2D eigenvalue weighted by Gasteiger charge is -2.38. The molecule has 1 aromatic heterocycles. The Bertz CT molecular complexity index is 1850. The van der Waals surface area contributed by atoms with Gasteiger partial charge in [-0.2, -0.15) is 0 Å². The molecule has 2 aromatic carbocycles. The molecule has 1 aliphatic heterocycles. The average Bonchev–Trinajstić information content (AvgIpc) is 3.24. The van der Waals surface area contributed by atoms with Gasteiger partial charge in [0.2, 0.25) is 5.75 Å². The predicted octanol–water partition coefficient (Wildman–Crippen LogP) is 3.47. The lowest BCUT2D eigenvalue weighted by molar-refractivity contribution is -0.116. The Kier molecular flexibility index (Phi) is 6.53. The molecule has 2 aliphatic carbocycles. The molecule has 1 N–H and O–H groups in total. The van der Waals surface area contributed by atoms with Crippen molar-refractivity contribution in [3.05, 3.63) is 108 Å². The number of benzene rings is 2. The zero-order chi connectivity index (χ0) is 29.0. The molecule has 0 bridgehead atoms. The highest BCUT2D eigenvalue weighted by Crippen LogP contribution is 2.46. The van der Waals surface area contributed by atoms with Crippen molar-refractivity contribution < 1.29 is 24.2 Å². The van der Waals surface area contributed by atoms with Gasteiger partial charge in [-0.3, -0.25) is 9.59 Å². The van der Waals surface area contributed by atoms with Gasteiger partial charge in [0.15, 0.2) is 23.1 Å². The number of methoxy groups -OCH3 is 2. The van der Waals surface area contributed by atoms with Crippen LogP contribution in [-0.4, -0.2) is 44.8 Å². The van der Waals surface area contributed by atoms with Gasteiger partial charge >= 0.3 is 11.4 Å². The van der Waals surface area contributed by atoms with Crippen LogP contribution in [0.4, 0.5) is 0 Å². The van der Waals surface area contributed by atoms with Crippen LogP contribution in [0.15, 0.2) is 91.5 Å². The van der Waals surface area contributed by atoms with Crippen LogP contribution in [0.25, 0.3) is 11.8 Å². The molecule has 208 valence electrons. The van der Waals surface area contributed by atoms with E-state index >= 15 is 0 Å². The minimum absolute atomic E-state index is 0.0814. The summed E-state index contributed by atoms with van der Waals surface area (Å²) in [6.07, 6.45) is 6.73. The van der Waals surface area contributed by atoms with Gasteiger partial charge < -0.3 is 14.6 Å². The number of rotatable bonds is 5. The van der Waals surface area contributed by atoms with Crippen molar-refractivity contribution in [3.63, 3.8) is 0 Å². The van der Waals surface area contributed by atoms with E-state index in [4.69, 9.17) is 9.47 Å². The molecule has 0 spiro atoms. The Morgan fingerprint density at radius 3 is 2.34 bits per heavy atom. The molecule has 6 rings (SSSR count). The summed E-state index contributed by atoms with van der Waals surface area (Å²) in [6.45, 7) is 0.120. The third-order valence-electron chi connectivity index (χ3n) is 7.64. The van der Waals surface area contributed by atoms with E-state index in [1.54, 1.807) is 54.6 Å². The lowest BCUT2D eigenvalue weighted by Crippen LogP contribution is -2.41. The number of allylic oxidation sites excluding steroid dienone is 7. The Balaban J connectivity index is 1.51. The number of hydrogen-bond donors (Lipinski definition) is 1. The molecule has 2 heterocycles. The second kappa shape index (κ2) is 10.1. The SMILES string of the molecule is COc1cc(C=CC2C3=CCn4c(=O)n(-c5ccccc5)c(=O)n4C3CC3=C2C(=O)C=C(Br)C3=O)cc(OC)c1O. The molecule has 0 radical (unpaired) electrons. The van der Waals surface area contributed by atoms with Crippen LogP contribution in [-0.2, 0) is 16.1 Å². The summed E-state index contributed by atoms with van der Waals surface area (Å²) in [4.78, 5) is 53.7. The van der Waals surface area contributed by atoms with Crippen LogP contribution >= 0.6 is 15.9 Å². The molecule has 0 saturated heterocycles. The second-order valence-corrected chi connectivity index (χ2v) is 10.6. The molecule has 11 heteroatoms. The number of hydrogen-bond acceptors (Lipinski definition) is 7. The Morgan fingerprint density at radius 1 is 1.00 bits per heavy atom. The number of phenols is 1. The Labute approximate surface area is 241 Å². The number of aromatic nitrogens is 3. The van der Waals surface area contributed by atoms with Gasteiger partial charge in [-0.25, -0.2) is 23.5 Å². The fourth-order valence-corrected chi connectivity index (χ4v) is 6.22. The fourth-order valence-electron chi connectivity index (χ4n) is 5.77. The third-order valence-corrected chi connectivity index (χ3v) is 8.23. The number of halogens is 1. The van der Waals surface area contributed by atoms with Crippen molar-refractivity contribution in [2.75, 3.05) is 14.2 Å². The van der Waals surface area contributed by atoms with Crippen molar-refractivity contribution in [1.82, 2.24) is 13.9 Å². The van der Waals surface area contributed by atoms with E-state index in [2.05, 4.69) is 15.9 Å². The molecule has 41 heavy (non-hydrogen) atoms. The number of aromatic hydroxyl groups is 1. The molecule has 3 aliphatic rings. The second-order valence-electron chi connectivity index (χ2n) is 9.78. The number of fused-ring (bicyclic) bond motifs is 3. The third kappa shape index (κ3) is 4.15. The molecule has 2 atom stereocenters. The van der Waals surface area contributed by atoms with Crippen LogP contribution in [0.3, 0.4) is 0 Å². The number of ether oxygens (including phenoxy) is 2. The van der Waals surface area contributed by atoms with Gasteiger partial charge in [0.25, 0.3) is 0 Å². The Hall–Kier alpha value is -4.64.